The van der Waals surface area contributed by atoms with E-state index in [0.29, 0.717) is 28.7 Å². The first-order valence-corrected chi connectivity index (χ1v) is 8.92. The van der Waals surface area contributed by atoms with Gasteiger partial charge >= 0.3 is 0 Å². The van der Waals surface area contributed by atoms with E-state index in [1.165, 1.54) is 6.07 Å². The summed E-state index contributed by atoms with van der Waals surface area (Å²) in [5.74, 6) is -0.254. The van der Waals surface area contributed by atoms with Gasteiger partial charge in [0, 0.05) is 33.2 Å². The molecule has 0 amide bonds. The van der Waals surface area contributed by atoms with Gasteiger partial charge in [0.15, 0.2) is 0 Å². The molecule has 2 aromatic carbocycles. The van der Waals surface area contributed by atoms with E-state index in [9.17, 15) is 4.39 Å². The zero-order chi connectivity index (χ0) is 17.3. The zero-order valence-electron chi connectivity index (χ0n) is 12.6. The van der Waals surface area contributed by atoms with Gasteiger partial charge in [0.25, 0.3) is 0 Å². The van der Waals surface area contributed by atoms with Gasteiger partial charge in [0.2, 0.25) is 0 Å². The summed E-state index contributed by atoms with van der Waals surface area (Å²) >= 11 is 15.6. The van der Waals surface area contributed by atoms with Crippen molar-refractivity contribution in [3.8, 4) is 0 Å². The maximum absolute atomic E-state index is 14.0. The third-order valence-corrected chi connectivity index (χ3v) is 5.11. The van der Waals surface area contributed by atoms with Crippen LogP contribution in [-0.4, -0.2) is 23.8 Å². The number of nitrogens with zero attached hydrogens (tertiary/aromatic N) is 2. The predicted octanol–water partition coefficient (Wildman–Crippen LogP) is 4.81. The molecule has 1 heterocycles. The molecule has 0 aromatic heterocycles. The maximum atomic E-state index is 14.0. The SMILES string of the molecule is NCC1C(c2ccc(Cl)cc2Cl)N=CN1Cc1cc(Br)ccc1F. The van der Waals surface area contributed by atoms with Crippen LogP contribution in [0, 0.1) is 5.82 Å². The van der Waals surface area contributed by atoms with E-state index in [0.717, 1.165) is 10.0 Å². The molecule has 24 heavy (non-hydrogen) atoms. The van der Waals surface area contributed by atoms with Crippen molar-refractivity contribution in [3.63, 3.8) is 0 Å². The highest BCUT2D eigenvalue weighted by Gasteiger charge is 2.32. The minimum atomic E-state index is -0.254. The van der Waals surface area contributed by atoms with Crippen molar-refractivity contribution in [1.29, 1.82) is 0 Å². The van der Waals surface area contributed by atoms with E-state index in [1.807, 2.05) is 11.0 Å². The second-order valence-corrected chi connectivity index (χ2v) is 7.35. The van der Waals surface area contributed by atoms with Gasteiger partial charge in [0.05, 0.1) is 18.4 Å². The molecule has 0 spiro atoms. The number of rotatable bonds is 4. The summed E-state index contributed by atoms with van der Waals surface area (Å²) in [6.07, 6.45) is 1.72. The van der Waals surface area contributed by atoms with E-state index in [2.05, 4.69) is 20.9 Å². The van der Waals surface area contributed by atoms with Gasteiger partial charge in [-0.3, -0.25) is 4.99 Å². The number of halogens is 4. The average molecular weight is 431 g/mol. The minimum Gasteiger partial charge on any atom is -0.352 e. The predicted molar refractivity (Wildman–Crippen MR) is 100 cm³/mol. The van der Waals surface area contributed by atoms with Crippen LogP contribution in [-0.2, 0) is 6.54 Å². The molecule has 0 bridgehead atoms. The maximum Gasteiger partial charge on any atom is 0.128 e. The Bertz CT molecular complexity index is 784. The second-order valence-electron chi connectivity index (χ2n) is 5.59. The van der Waals surface area contributed by atoms with Gasteiger partial charge in [-0.25, -0.2) is 4.39 Å². The van der Waals surface area contributed by atoms with Gasteiger partial charge in [-0.05, 0) is 35.9 Å². The minimum absolute atomic E-state index is 0.0953. The molecule has 2 aromatic rings. The molecule has 1 aliphatic heterocycles. The summed E-state index contributed by atoms with van der Waals surface area (Å²) in [4.78, 5) is 6.48. The smallest absolute Gasteiger partial charge is 0.128 e. The molecule has 0 aliphatic carbocycles. The Morgan fingerprint density at radius 1 is 1.21 bits per heavy atom. The Morgan fingerprint density at radius 3 is 2.71 bits per heavy atom. The Morgan fingerprint density at radius 2 is 2.00 bits per heavy atom. The third-order valence-electron chi connectivity index (χ3n) is 4.05. The van der Waals surface area contributed by atoms with Crippen LogP contribution in [0.5, 0.6) is 0 Å². The summed E-state index contributed by atoms with van der Waals surface area (Å²) in [5, 5.41) is 1.13. The van der Waals surface area contributed by atoms with Gasteiger partial charge in [-0.2, -0.15) is 0 Å². The van der Waals surface area contributed by atoms with E-state index >= 15 is 0 Å². The van der Waals surface area contributed by atoms with Crippen molar-refractivity contribution in [2.45, 2.75) is 18.6 Å². The monoisotopic (exact) mass is 429 g/mol. The topological polar surface area (TPSA) is 41.6 Å². The number of nitrogens with two attached hydrogens (primary N) is 1. The highest BCUT2D eigenvalue weighted by Crippen LogP contribution is 2.35. The van der Waals surface area contributed by atoms with Crippen LogP contribution in [0.3, 0.4) is 0 Å². The molecule has 3 nitrogen and oxygen atoms in total. The summed E-state index contributed by atoms with van der Waals surface area (Å²) in [7, 11) is 0. The Balaban J connectivity index is 1.85. The van der Waals surface area contributed by atoms with Gasteiger partial charge in [0.1, 0.15) is 5.82 Å². The van der Waals surface area contributed by atoms with E-state index in [1.54, 1.807) is 30.6 Å². The molecule has 126 valence electrons. The van der Waals surface area contributed by atoms with Crippen LogP contribution in [0.25, 0.3) is 0 Å². The highest BCUT2D eigenvalue weighted by molar-refractivity contribution is 9.10. The lowest BCUT2D eigenvalue weighted by atomic mass is 9.99. The summed E-state index contributed by atoms with van der Waals surface area (Å²) in [6.45, 7) is 0.762. The molecule has 0 saturated heterocycles. The zero-order valence-corrected chi connectivity index (χ0v) is 15.7. The Hall–Kier alpha value is -1.14. The first-order chi connectivity index (χ1) is 11.5. The Labute approximate surface area is 158 Å². The van der Waals surface area contributed by atoms with Crippen LogP contribution in [0.2, 0.25) is 10.0 Å². The van der Waals surface area contributed by atoms with E-state index in [-0.39, 0.29) is 17.9 Å². The summed E-state index contributed by atoms with van der Waals surface area (Å²) in [6, 6.07) is 9.92. The fourth-order valence-electron chi connectivity index (χ4n) is 2.84. The summed E-state index contributed by atoms with van der Waals surface area (Å²) in [5.41, 5.74) is 7.41. The fourth-order valence-corrected chi connectivity index (χ4v) is 3.77. The largest absolute Gasteiger partial charge is 0.352 e. The molecule has 0 saturated carbocycles. The van der Waals surface area contributed by atoms with Gasteiger partial charge in [-0.1, -0.05) is 45.2 Å². The first kappa shape index (κ1) is 17.7. The lowest BCUT2D eigenvalue weighted by Crippen LogP contribution is -2.39. The quantitative estimate of drug-likeness (QED) is 0.756. The van der Waals surface area contributed by atoms with Crippen molar-refractivity contribution < 1.29 is 4.39 Å². The first-order valence-electron chi connectivity index (χ1n) is 7.37. The van der Waals surface area contributed by atoms with Crippen molar-refractivity contribution >= 4 is 45.5 Å². The molecule has 7 heteroatoms. The number of hydrogen-bond donors (Lipinski definition) is 1. The Kier molecular flexibility index (Phi) is 5.45. The van der Waals surface area contributed by atoms with Crippen LogP contribution in [0.15, 0.2) is 45.9 Å². The van der Waals surface area contributed by atoms with Crippen molar-refractivity contribution in [2.24, 2.45) is 10.7 Å². The van der Waals surface area contributed by atoms with Gasteiger partial charge < -0.3 is 10.6 Å². The molecular formula is C17H15BrCl2FN3. The lowest BCUT2D eigenvalue weighted by Gasteiger charge is -2.27. The molecule has 2 N–H and O–H groups in total. The lowest BCUT2D eigenvalue weighted by molar-refractivity contribution is 0.306. The van der Waals surface area contributed by atoms with Crippen LogP contribution in [0.4, 0.5) is 4.39 Å². The normalized spacial score (nSPS) is 20.0. The molecule has 0 fully saturated rings. The van der Waals surface area contributed by atoms with E-state index < -0.39 is 0 Å². The molecule has 1 aliphatic rings. The van der Waals surface area contributed by atoms with Crippen LogP contribution >= 0.6 is 39.1 Å². The number of benzene rings is 2. The van der Waals surface area contributed by atoms with Crippen LogP contribution < -0.4 is 5.73 Å². The standard InChI is InChI=1S/C17H15BrCl2FN3/c18-11-1-4-15(21)10(5-11)8-24-9-23-17(16(24)7-22)13-3-2-12(19)6-14(13)20/h1-6,9,16-17H,7-8,22H2. The second kappa shape index (κ2) is 7.40. The third kappa shape index (κ3) is 3.59. The summed E-state index contributed by atoms with van der Waals surface area (Å²) < 4.78 is 14.9. The molecular weight excluding hydrogens is 416 g/mol. The molecule has 0 radical (unpaired) electrons. The van der Waals surface area contributed by atoms with E-state index in [4.69, 9.17) is 28.9 Å². The molecule has 2 unspecified atom stereocenters. The van der Waals surface area contributed by atoms with Crippen molar-refractivity contribution in [3.05, 3.63) is 67.9 Å². The van der Waals surface area contributed by atoms with Crippen molar-refractivity contribution in [1.82, 2.24) is 4.90 Å². The molecule has 3 rings (SSSR count). The molecule has 2 atom stereocenters. The number of aliphatic imine (C=N–C) groups is 1. The number of hydrogen-bond acceptors (Lipinski definition) is 3. The van der Waals surface area contributed by atoms with Gasteiger partial charge in [-0.15, -0.1) is 0 Å². The average Bonchev–Trinajstić information content (AvgIpc) is 2.93. The fraction of sp³-hybridized carbons (Fsp3) is 0.235. The highest BCUT2D eigenvalue weighted by atomic mass is 79.9. The van der Waals surface area contributed by atoms with Crippen LogP contribution in [0.1, 0.15) is 17.2 Å². The van der Waals surface area contributed by atoms with Crippen molar-refractivity contribution in [2.75, 3.05) is 6.54 Å².